The van der Waals surface area contributed by atoms with Crippen LogP contribution in [0.5, 0.6) is 0 Å². The highest BCUT2D eigenvalue weighted by Crippen LogP contribution is 2.68. The minimum absolute atomic E-state index is 0.0679. The van der Waals surface area contributed by atoms with Gasteiger partial charge in [0.2, 0.25) is 0 Å². The summed E-state index contributed by atoms with van der Waals surface area (Å²) in [6.45, 7) is 17.6. The molecule has 2 rings (SSSR count). The largest absolute Gasteiger partial charge is 0.570 e. The fourth-order valence-corrected chi connectivity index (χ4v) is 6.87. The summed E-state index contributed by atoms with van der Waals surface area (Å²) in [4.78, 5) is 20.8. The van der Waals surface area contributed by atoms with Crippen LogP contribution in [-0.4, -0.2) is 74.9 Å². The smallest absolute Gasteiger partial charge is 0.393 e. The Kier molecular flexibility index (Phi) is 8.47. The summed E-state index contributed by atoms with van der Waals surface area (Å²) in [5, 5.41) is 21.0. The van der Waals surface area contributed by atoms with E-state index >= 15 is 0 Å². The molecular weight excluding hydrogens is 478 g/mol. The number of hydrogen-bond acceptors (Lipinski definition) is 9. The molecule has 8 atom stereocenters. The maximum Gasteiger partial charge on any atom is 0.570 e. The molecule has 0 aromatic rings. The van der Waals surface area contributed by atoms with E-state index in [4.69, 9.17) is 26.4 Å². The first-order valence-electron chi connectivity index (χ1n) is 11.9. The molecule has 0 spiro atoms. The van der Waals surface area contributed by atoms with Gasteiger partial charge in [0.1, 0.15) is 25.0 Å². The molecule has 198 valence electrons. The molecule has 0 amide bonds. The summed E-state index contributed by atoms with van der Waals surface area (Å²) in [6.07, 6.45) is -0.206. The molecule has 2 radical (unpaired) electrons. The zero-order valence-corrected chi connectivity index (χ0v) is 24.1. The van der Waals surface area contributed by atoms with Gasteiger partial charge >= 0.3 is 8.17 Å². The summed E-state index contributed by atoms with van der Waals surface area (Å²) in [5.74, 6) is -0.489. The zero-order chi connectivity index (χ0) is 26.8. The fourth-order valence-electron chi connectivity index (χ4n) is 5.08. The Balaban J connectivity index is 2.29. The average Bonchev–Trinajstić information content (AvgIpc) is 2.78. The first-order valence-corrected chi connectivity index (χ1v) is 13.8. The van der Waals surface area contributed by atoms with Gasteiger partial charge < -0.3 is 19.7 Å². The first-order chi connectivity index (χ1) is 15.0. The van der Waals surface area contributed by atoms with E-state index < -0.39 is 60.0 Å². The third kappa shape index (κ3) is 5.11. The van der Waals surface area contributed by atoms with Crippen molar-refractivity contribution in [3.63, 3.8) is 0 Å². The van der Waals surface area contributed by atoms with Gasteiger partial charge in [-0.15, -0.1) is 17.2 Å². The lowest BCUT2D eigenvalue weighted by atomic mass is 9.65. The molecule has 0 aromatic carbocycles. The SMILES string of the molecule is [B]C1O[C@](C)(CO[P+](O)(O)OC2(C)C(C)(C)[C@](C)(S)O[C@]2(C)CO)C(C)C(O)CC(C)(C)[C@H]1C. The number of ether oxygens (including phenoxy) is 2. The molecule has 4 N–H and O–H groups in total. The van der Waals surface area contributed by atoms with Gasteiger partial charge in [-0.25, -0.2) is 0 Å². The van der Waals surface area contributed by atoms with Gasteiger partial charge in [0.15, 0.2) is 5.60 Å². The van der Waals surface area contributed by atoms with Crippen molar-refractivity contribution in [1.82, 2.24) is 0 Å². The van der Waals surface area contributed by atoms with Crippen molar-refractivity contribution in [1.29, 1.82) is 0 Å². The zero-order valence-electron chi connectivity index (χ0n) is 22.3. The molecule has 0 aromatic heterocycles. The van der Waals surface area contributed by atoms with Crippen molar-refractivity contribution in [2.24, 2.45) is 22.7 Å². The van der Waals surface area contributed by atoms with Crippen LogP contribution in [0.15, 0.2) is 0 Å². The lowest BCUT2D eigenvalue weighted by Gasteiger charge is -2.49. The van der Waals surface area contributed by atoms with Gasteiger partial charge in [-0.1, -0.05) is 41.5 Å². The van der Waals surface area contributed by atoms with Crippen molar-refractivity contribution in [2.75, 3.05) is 13.2 Å². The minimum Gasteiger partial charge on any atom is -0.393 e. The number of aliphatic hydroxyl groups is 2. The average molecular weight is 523 g/mol. The van der Waals surface area contributed by atoms with E-state index in [0.717, 1.165) is 0 Å². The maximum absolute atomic E-state index is 10.9. The fraction of sp³-hybridized carbons (Fsp3) is 1.00. The monoisotopic (exact) mass is 523 g/mol. The van der Waals surface area contributed by atoms with E-state index in [1.807, 2.05) is 41.5 Å². The Bertz CT molecular complexity index is 752. The third-order valence-corrected chi connectivity index (χ3v) is 11.0. The van der Waals surface area contributed by atoms with Crippen LogP contribution in [0.2, 0.25) is 0 Å². The Morgan fingerprint density at radius 1 is 1.03 bits per heavy atom. The summed E-state index contributed by atoms with van der Waals surface area (Å²) in [7, 11) is 1.90. The predicted molar refractivity (Wildman–Crippen MR) is 136 cm³/mol. The van der Waals surface area contributed by atoms with Crippen molar-refractivity contribution in [2.45, 2.75) is 110 Å². The van der Waals surface area contributed by atoms with Crippen LogP contribution >= 0.6 is 20.8 Å². The van der Waals surface area contributed by atoms with Gasteiger partial charge in [-0.05, 0) is 45.4 Å². The Hall–Kier alpha value is 0.525. The van der Waals surface area contributed by atoms with Crippen LogP contribution < -0.4 is 0 Å². The molecule has 4 unspecified atom stereocenters. The Labute approximate surface area is 212 Å². The van der Waals surface area contributed by atoms with E-state index in [1.165, 1.54) is 0 Å². The topological polar surface area (TPSA) is 118 Å². The van der Waals surface area contributed by atoms with Crippen LogP contribution in [0.4, 0.5) is 0 Å². The van der Waals surface area contributed by atoms with Crippen LogP contribution in [0.1, 0.15) is 75.7 Å². The third-order valence-electron chi connectivity index (χ3n) is 9.31. The highest BCUT2D eigenvalue weighted by atomic mass is 32.1. The lowest BCUT2D eigenvalue weighted by molar-refractivity contribution is -0.184. The molecule has 34 heavy (non-hydrogen) atoms. The molecule has 0 saturated carbocycles. The molecule has 2 aliphatic rings. The van der Waals surface area contributed by atoms with Crippen molar-refractivity contribution in [3.8, 4) is 0 Å². The number of aliphatic hydroxyl groups excluding tert-OH is 2. The van der Waals surface area contributed by atoms with Gasteiger partial charge in [0.25, 0.3) is 0 Å². The standard InChI is InChI=1S/C23H44BO8PS/c1-14-16(26)11-18(3,4)15(2)17(24)30-20(14,7)13-29-33(27,28)32-22(9)19(5,6)23(10,34)31-21(22,8)12-25/h14-17,25-28H,11-13H2,1-10H3/p+1/t14?,15-,16?,17?,20+,21+,22?,23-/m0/s1. The first kappa shape index (κ1) is 30.7. The van der Waals surface area contributed by atoms with Gasteiger partial charge in [-0.3, -0.25) is 0 Å². The second-order valence-electron chi connectivity index (χ2n) is 12.2. The number of rotatable bonds is 6. The number of hydrogen-bond donors (Lipinski definition) is 5. The van der Waals surface area contributed by atoms with Crippen molar-refractivity contribution >= 4 is 28.6 Å². The summed E-state index contributed by atoms with van der Waals surface area (Å²) >= 11 is 4.62. The lowest BCUT2D eigenvalue weighted by Crippen LogP contribution is -2.58. The number of thiol groups is 1. The molecular formula is C23H45BO8PS+. The summed E-state index contributed by atoms with van der Waals surface area (Å²) in [5.41, 5.74) is -4.91. The minimum atomic E-state index is -4.46. The molecule has 0 bridgehead atoms. The Morgan fingerprint density at radius 2 is 1.56 bits per heavy atom. The van der Waals surface area contributed by atoms with Crippen LogP contribution in [0.3, 0.4) is 0 Å². The molecule has 2 heterocycles. The highest BCUT2D eigenvalue weighted by molar-refractivity contribution is 7.81. The highest BCUT2D eigenvalue weighted by Gasteiger charge is 2.75. The molecule has 2 saturated heterocycles. The van der Waals surface area contributed by atoms with E-state index in [-0.39, 0.29) is 17.9 Å². The maximum atomic E-state index is 10.9. The summed E-state index contributed by atoms with van der Waals surface area (Å²) in [6, 6.07) is -0.646. The van der Waals surface area contributed by atoms with Crippen LogP contribution in [0.25, 0.3) is 0 Å². The normalized spacial score (nSPS) is 47.3. The predicted octanol–water partition coefficient (Wildman–Crippen LogP) is 3.23. The van der Waals surface area contributed by atoms with Gasteiger partial charge in [0.05, 0.1) is 18.3 Å². The van der Waals surface area contributed by atoms with Crippen molar-refractivity contribution < 1.29 is 38.5 Å². The molecule has 2 aliphatic heterocycles. The van der Waals surface area contributed by atoms with Gasteiger partial charge in [-0.2, -0.15) is 14.3 Å². The summed E-state index contributed by atoms with van der Waals surface area (Å²) < 4.78 is 23.7. The quantitative estimate of drug-likeness (QED) is 0.205. The molecule has 0 aliphatic carbocycles. The molecule has 2 fully saturated rings. The van der Waals surface area contributed by atoms with E-state index in [1.54, 1.807) is 27.7 Å². The van der Waals surface area contributed by atoms with Crippen LogP contribution in [-0.2, 0) is 18.5 Å². The second-order valence-corrected chi connectivity index (χ2v) is 14.5. The molecule has 8 nitrogen and oxygen atoms in total. The second kappa shape index (κ2) is 9.37. The molecule has 11 heteroatoms. The van der Waals surface area contributed by atoms with Gasteiger partial charge in [0, 0.05) is 17.3 Å². The van der Waals surface area contributed by atoms with E-state index in [0.29, 0.717) is 6.42 Å². The van der Waals surface area contributed by atoms with Crippen LogP contribution in [0, 0.1) is 22.7 Å². The van der Waals surface area contributed by atoms with Crippen molar-refractivity contribution in [3.05, 3.63) is 0 Å². The Morgan fingerprint density at radius 3 is 2.06 bits per heavy atom. The van der Waals surface area contributed by atoms with E-state index in [2.05, 4.69) is 12.6 Å². The van der Waals surface area contributed by atoms with E-state index in [9.17, 15) is 20.0 Å².